The van der Waals surface area contributed by atoms with E-state index in [-0.39, 0.29) is 30.0 Å². The van der Waals surface area contributed by atoms with Crippen molar-refractivity contribution < 1.29 is 18.8 Å². The molecule has 2 heterocycles. The summed E-state index contributed by atoms with van der Waals surface area (Å²) < 4.78 is 13.7. The summed E-state index contributed by atoms with van der Waals surface area (Å²) in [4.78, 5) is 45.4. The minimum absolute atomic E-state index is 0.0185. The third kappa shape index (κ3) is 7.92. The van der Waals surface area contributed by atoms with E-state index in [1.807, 2.05) is 53.4 Å². The predicted octanol–water partition coefficient (Wildman–Crippen LogP) is 4.69. The van der Waals surface area contributed by atoms with Crippen LogP contribution in [-0.4, -0.2) is 65.3 Å². The molecule has 0 radical (unpaired) electrons. The molecule has 6 rings (SSSR count). The summed E-state index contributed by atoms with van der Waals surface area (Å²) in [6.45, 7) is 2.05. The number of amides is 3. The standard InChI is InChI=1S/C36H40ClFN4O3/c37-29-13-9-24(10-14-29)4-3-17-41-18-19-42(33(36(41)45)21-26-7-8-26)35(44)32(20-25-11-15-30(38)16-12-25)40-34(43)31-22-27-5-1-2-6-28(27)23-39-31/h1-2,5-6,9-16,26,31-33,39H,3-4,7-8,17-23H2,(H,40,43). The number of nitrogens with zero attached hydrogens (tertiary/aromatic N) is 2. The van der Waals surface area contributed by atoms with Gasteiger partial charge in [0, 0.05) is 37.6 Å². The van der Waals surface area contributed by atoms with Gasteiger partial charge in [-0.1, -0.05) is 73.0 Å². The van der Waals surface area contributed by atoms with Gasteiger partial charge in [0.15, 0.2) is 0 Å². The lowest BCUT2D eigenvalue weighted by molar-refractivity contribution is -0.153. The number of piperazine rings is 1. The van der Waals surface area contributed by atoms with E-state index in [1.165, 1.54) is 17.7 Å². The van der Waals surface area contributed by atoms with Crippen molar-refractivity contribution in [2.24, 2.45) is 5.92 Å². The molecule has 3 aromatic carbocycles. The van der Waals surface area contributed by atoms with Crippen LogP contribution < -0.4 is 10.6 Å². The minimum atomic E-state index is -0.882. The van der Waals surface area contributed by atoms with Gasteiger partial charge in [-0.2, -0.15) is 0 Å². The zero-order chi connectivity index (χ0) is 31.3. The number of rotatable bonds is 11. The molecule has 0 bridgehead atoms. The summed E-state index contributed by atoms with van der Waals surface area (Å²) in [5.74, 6) is -0.465. The number of aryl methyl sites for hydroxylation is 1. The molecule has 45 heavy (non-hydrogen) atoms. The maximum absolute atomic E-state index is 14.3. The molecule has 2 fully saturated rings. The first kappa shape index (κ1) is 31.2. The predicted molar refractivity (Wildman–Crippen MR) is 172 cm³/mol. The maximum atomic E-state index is 14.3. The molecule has 1 saturated heterocycles. The van der Waals surface area contributed by atoms with Crippen molar-refractivity contribution in [3.05, 3.63) is 106 Å². The largest absolute Gasteiger partial charge is 0.343 e. The molecule has 0 spiro atoms. The van der Waals surface area contributed by atoms with Crippen LogP contribution in [0.15, 0.2) is 72.8 Å². The van der Waals surface area contributed by atoms with E-state index in [0.717, 1.165) is 42.4 Å². The molecule has 9 heteroatoms. The van der Waals surface area contributed by atoms with Gasteiger partial charge in [-0.05, 0) is 78.1 Å². The third-order valence-corrected chi connectivity index (χ3v) is 9.54. The molecule has 3 amide bonds. The van der Waals surface area contributed by atoms with Crippen molar-refractivity contribution in [2.75, 3.05) is 19.6 Å². The van der Waals surface area contributed by atoms with Gasteiger partial charge < -0.3 is 20.4 Å². The number of nitrogens with one attached hydrogen (secondary N) is 2. The van der Waals surface area contributed by atoms with Crippen LogP contribution in [0.25, 0.3) is 0 Å². The van der Waals surface area contributed by atoms with Crippen LogP contribution in [0.5, 0.6) is 0 Å². The smallest absolute Gasteiger partial charge is 0.246 e. The van der Waals surface area contributed by atoms with Crippen molar-refractivity contribution >= 4 is 29.3 Å². The minimum Gasteiger partial charge on any atom is -0.343 e. The highest BCUT2D eigenvalue weighted by Crippen LogP contribution is 2.36. The second-order valence-corrected chi connectivity index (χ2v) is 13.0. The summed E-state index contributed by atoms with van der Waals surface area (Å²) in [6.07, 6.45) is 5.15. The van der Waals surface area contributed by atoms with Crippen LogP contribution in [0.3, 0.4) is 0 Å². The lowest BCUT2D eigenvalue weighted by Crippen LogP contribution is -2.63. The van der Waals surface area contributed by atoms with Crippen LogP contribution in [0, 0.1) is 11.7 Å². The number of halogens is 2. The first-order valence-corrected chi connectivity index (χ1v) is 16.4. The zero-order valence-corrected chi connectivity index (χ0v) is 26.1. The van der Waals surface area contributed by atoms with Gasteiger partial charge in [0.05, 0.1) is 6.04 Å². The van der Waals surface area contributed by atoms with E-state index in [9.17, 15) is 18.8 Å². The summed E-state index contributed by atoms with van der Waals surface area (Å²) in [5.41, 5.74) is 4.18. The Labute approximate surface area is 269 Å². The molecule has 3 atom stereocenters. The fourth-order valence-corrected chi connectivity index (χ4v) is 6.64. The van der Waals surface area contributed by atoms with E-state index in [2.05, 4.69) is 10.6 Å². The van der Waals surface area contributed by atoms with Gasteiger partial charge in [0.2, 0.25) is 17.7 Å². The van der Waals surface area contributed by atoms with Crippen LogP contribution >= 0.6 is 11.6 Å². The number of hydrogen-bond donors (Lipinski definition) is 2. The summed E-state index contributed by atoms with van der Waals surface area (Å²) in [7, 11) is 0. The second-order valence-electron chi connectivity index (χ2n) is 12.6. The Balaban J connectivity index is 1.16. The highest BCUT2D eigenvalue weighted by atomic mass is 35.5. The molecular formula is C36H40ClFN4O3. The number of carbonyl (C=O) groups excluding carboxylic acids is 3. The Hall–Kier alpha value is -3.75. The highest BCUT2D eigenvalue weighted by molar-refractivity contribution is 6.30. The summed E-state index contributed by atoms with van der Waals surface area (Å²) >= 11 is 6.02. The van der Waals surface area contributed by atoms with E-state index < -0.39 is 18.1 Å². The first-order valence-electron chi connectivity index (χ1n) is 16.0. The molecule has 0 aromatic heterocycles. The van der Waals surface area contributed by atoms with Crippen LogP contribution in [0.4, 0.5) is 4.39 Å². The second kappa shape index (κ2) is 14.1. The SMILES string of the molecule is O=C(NC(Cc1ccc(F)cc1)C(=O)N1CCN(CCCc2ccc(Cl)cc2)C(=O)C1CC1CC1)C1Cc2ccccc2CN1. The molecule has 3 aliphatic rings. The highest BCUT2D eigenvalue weighted by Gasteiger charge is 2.42. The maximum Gasteiger partial charge on any atom is 0.246 e. The van der Waals surface area contributed by atoms with Gasteiger partial charge in [-0.3, -0.25) is 14.4 Å². The van der Waals surface area contributed by atoms with E-state index in [4.69, 9.17) is 11.6 Å². The Bertz CT molecular complexity index is 1510. The van der Waals surface area contributed by atoms with Gasteiger partial charge in [-0.25, -0.2) is 4.39 Å². The third-order valence-electron chi connectivity index (χ3n) is 9.29. The molecule has 1 saturated carbocycles. The fourth-order valence-electron chi connectivity index (χ4n) is 6.52. The normalized spacial score (nSPS) is 20.4. The number of fused-ring (bicyclic) bond motifs is 1. The molecule has 3 unspecified atom stereocenters. The monoisotopic (exact) mass is 630 g/mol. The molecule has 1 aliphatic carbocycles. The number of hydrogen-bond acceptors (Lipinski definition) is 4. The average molecular weight is 631 g/mol. The van der Waals surface area contributed by atoms with Crippen molar-refractivity contribution in [1.82, 2.24) is 20.4 Å². The van der Waals surface area contributed by atoms with Crippen molar-refractivity contribution in [2.45, 2.75) is 69.6 Å². The van der Waals surface area contributed by atoms with Gasteiger partial charge in [-0.15, -0.1) is 0 Å². The Kier molecular flexibility index (Phi) is 9.81. The Morgan fingerprint density at radius 3 is 2.40 bits per heavy atom. The van der Waals surface area contributed by atoms with Crippen molar-refractivity contribution in [3.63, 3.8) is 0 Å². The zero-order valence-electron chi connectivity index (χ0n) is 25.4. The summed E-state index contributed by atoms with van der Waals surface area (Å²) in [5, 5.41) is 7.04. The van der Waals surface area contributed by atoms with Gasteiger partial charge in [0.25, 0.3) is 0 Å². The number of benzene rings is 3. The van der Waals surface area contributed by atoms with E-state index in [1.54, 1.807) is 17.0 Å². The van der Waals surface area contributed by atoms with E-state index in [0.29, 0.717) is 50.0 Å². The lowest BCUT2D eigenvalue weighted by Gasteiger charge is -2.42. The first-order chi connectivity index (χ1) is 21.8. The molecule has 3 aromatic rings. The van der Waals surface area contributed by atoms with Gasteiger partial charge >= 0.3 is 0 Å². The molecule has 2 N–H and O–H groups in total. The quantitative estimate of drug-likeness (QED) is 0.322. The topological polar surface area (TPSA) is 81.8 Å². The van der Waals surface area contributed by atoms with Crippen molar-refractivity contribution in [3.8, 4) is 0 Å². The Morgan fingerprint density at radius 1 is 0.956 bits per heavy atom. The average Bonchev–Trinajstić information content (AvgIpc) is 3.88. The lowest BCUT2D eigenvalue weighted by atomic mass is 9.95. The molecular weight excluding hydrogens is 591 g/mol. The van der Waals surface area contributed by atoms with Crippen LogP contribution in [0.2, 0.25) is 5.02 Å². The van der Waals surface area contributed by atoms with Gasteiger partial charge in [0.1, 0.15) is 17.9 Å². The number of carbonyl (C=O) groups is 3. The van der Waals surface area contributed by atoms with Crippen molar-refractivity contribution in [1.29, 1.82) is 0 Å². The van der Waals surface area contributed by atoms with Crippen LogP contribution in [0.1, 0.15) is 47.9 Å². The molecule has 2 aliphatic heterocycles. The molecule has 236 valence electrons. The van der Waals surface area contributed by atoms with Crippen LogP contribution in [-0.2, 0) is 40.2 Å². The Morgan fingerprint density at radius 2 is 1.67 bits per heavy atom. The fraction of sp³-hybridized carbons (Fsp3) is 0.417. The molecule has 7 nitrogen and oxygen atoms in total. The summed E-state index contributed by atoms with van der Waals surface area (Å²) in [6, 6.07) is 19.9. The van der Waals surface area contributed by atoms with E-state index >= 15 is 0 Å².